The van der Waals surface area contributed by atoms with E-state index in [1.165, 1.54) is 0 Å². The van der Waals surface area contributed by atoms with Crippen molar-refractivity contribution in [2.75, 3.05) is 11.9 Å². The molecule has 0 aliphatic carbocycles. The first-order valence-electron chi connectivity index (χ1n) is 9.64. The van der Waals surface area contributed by atoms with E-state index in [0.717, 1.165) is 16.8 Å². The minimum atomic E-state index is -0.279. The molecule has 0 spiro atoms. The van der Waals surface area contributed by atoms with Crippen molar-refractivity contribution in [3.63, 3.8) is 0 Å². The number of anilines is 1. The van der Waals surface area contributed by atoms with E-state index in [-0.39, 0.29) is 17.8 Å². The van der Waals surface area contributed by atoms with Crippen LogP contribution in [0.2, 0.25) is 0 Å². The lowest BCUT2D eigenvalue weighted by Crippen LogP contribution is -2.26. The standard InChI is InChI=1S/C25H25NO3/c1-18-9-11-21(12-10-18)25(28)26(3)22-13-15-23(16-14-22)29-24(27)17-19(2)20-7-5-4-6-8-20/h4-16,19H,17H2,1-3H3. The maximum Gasteiger partial charge on any atom is 0.311 e. The number of ether oxygens (including phenoxy) is 1. The molecule has 3 rings (SSSR count). The van der Waals surface area contributed by atoms with Crippen LogP contribution in [0.15, 0.2) is 78.9 Å². The Morgan fingerprint density at radius 3 is 2.14 bits per heavy atom. The van der Waals surface area contributed by atoms with Gasteiger partial charge in [-0.05, 0) is 54.8 Å². The van der Waals surface area contributed by atoms with Crippen molar-refractivity contribution in [2.45, 2.75) is 26.2 Å². The van der Waals surface area contributed by atoms with Gasteiger partial charge >= 0.3 is 5.97 Å². The second kappa shape index (κ2) is 9.20. The third-order valence-electron chi connectivity index (χ3n) is 4.90. The molecule has 0 heterocycles. The van der Waals surface area contributed by atoms with Gasteiger partial charge in [-0.15, -0.1) is 0 Å². The van der Waals surface area contributed by atoms with E-state index in [1.807, 2.05) is 68.4 Å². The fourth-order valence-electron chi connectivity index (χ4n) is 3.07. The van der Waals surface area contributed by atoms with Gasteiger partial charge in [-0.1, -0.05) is 55.0 Å². The summed E-state index contributed by atoms with van der Waals surface area (Å²) in [6.07, 6.45) is 0.303. The van der Waals surface area contributed by atoms with Crippen LogP contribution < -0.4 is 9.64 Å². The van der Waals surface area contributed by atoms with E-state index >= 15 is 0 Å². The van der Waals surface area contributed by atoms with Gasteiger partial charge in [0.1, 0.15) is 5.75 Å². The summed E-state index contributed by atoms with van der Waals surface area (Å²) in [5, 5.41) is 0. The van der Waals surface area contributed by atoms with Crippen LogP contribution in [-0.4, -0.2) is 18.9 Å². The summed E-state index contributed by atoms with van der Waals surface area (Å²) in [5.74, 6) is 0.182. The minimum absolute atomic E-state index is 0.0845. The zero-order valence-corrected chi connectivity index (χ0v) is 17.0. The molecule has 4 heteroatoms. The summed E-state index contributed by atoms with van der Waals surface area (Å²) in [6, 6.07) is 24.3. The van der Waals surface area contributed by atoms with E-state index in [2.05, 4.69) is 0 Å². The number of hydrogen-bond acceptors (Lipinski definition) is 3. The van der Waals surface area contributed by atoms with Gasteiger partial charge in [-0.2, -0.15) is 0 Å². The van der Waals surface area contributed by atoms with Crippen LogP contribution in [0.3, 0.4) is 0 Å². The highest BCUT2D eigenvalue weighted by atomic mass is 16.5. The average molecular weight is 387 g/mol. The fraction of sp³-hybridized carbons (Fsp3) is 0.200. The molecule has 0 radical (unpaired) electrons. The van der Waals surface area contributed by atoms with E-state index < -0.39 is 0 Å². The molecule has 0 saturated heterocycles. The van der Waals surface area contributed by atoms with Gasteiger partial charge < -0.3 is 9.64 Å². The van der Waals surface area contributed by atoms with Crippen LogP contribution in [0.5, 0.6) is 5.75 Å². The Bertz CT molecular complexity index is 963. The van der Waals surface area contributed by atoms with Crippen LogP contribution in [0, 0.1) is 6.92 Å². The summed E-state index contributed by atoms with van der Waals surface area (Å²) >= 11 is 0. The molecule has 0 saturated carbocycles. The normalized spacial score (nSPS) is 11.6. The number of hydrogen-bond donors (Lipinski definition) is 0. The third kappa shape index (κ3) is 5.32. The monoisotopic (exact) mass is 387 g/mol. The van der Waals surface area contributed by atoms with Crippen LogP contribution in [-0.2, 0) is 4.79 Å². The lowest BCUT2D eigenvalue weighted by Gasteiger charge is -2.18. The average Bonchev–Trinajstić information content (AvgIpc) is 2.74. The van der Waals surface area contributed by atoms with Crippen LogP contribution in [0.1, 0.15) is 40.7 Å². The Morgan fingerprint density at radius 1 is 0.897 bits per heavy atom. The second-order valence-electron chi connectivity index (χ2n) is 7.21. The van der Waals surface area contributed by atoms with E-state index in [1.54, 1.807) is 36.2 Å². The van der Waals surface area contributed by atoms with Crippen molar-refractivity contribution < 1.29 is 14.3 Å². The molecule has 0 bridgehead atoms. The smallest absolute Gasteiger partial charge is 0.311 e. The number of carbonyl (C=O) groups is 2. The molecular formula is C25H25NO3. The minimum Gasteiger partial charge on any atom is -0.427 e. The first-order valence-corrected chi connectivity index (χ1v) is 9.64. The van der Waals surface area contributed by atoms with Crippen molar-refractivity contribution in [3.05, 3.63) is 95.6 Å². The largest absolute Gasteiger partial charge is 0.427 e. The molecule has 1 amide bonds. The Labute approximate surface area is 171 Å². The number of nitrogens with zero attached hydrogens (tertiary/aromatic N) is 1. The van der Waals surface area contributed by atoms with Crippen molar-refractivity contribution in [1.82, 2.24) is 0 Å². The van der Waals surface area contributed by atoms with Crippen molar-refractivity contribution >= 4 is 17.6 Å². The number of rotatable bonds is 6. The van der Waals surface area contributed by atoms with Gasteiger partial charge in [0.05, 0.1) is 6.42 Å². The molecule has 0 aliphatic rings. The number of aryl methyl sites for hydroxylation is 1. The quantitative estimate of drug-likeness (QED) is 0.422. The molecule has 1 unspecified atom stereocenters. The van der Waals surface area contributed by atoms with E-state index in [4.69, 9.17) is 4.74 Å². The highest BCUT2D eigenvalue weighted by molar-refractivity contribution is 6.05. The molecule has 0 aliphatic heterocycles. The molecule has 3 aromatic carbocycles. The molecule has 0 fully saturated rings. The Balaban J connectivity index is 1.60. The highest BCUT2D eigenvalue weighted by Crippen LogP contribution is 2.23. The van der Waals surface area contributed by atoms with Crippen molar-refractivity contribution in [1.29, 1.82) is 0 Å². The molecule has 3 aromatic rings. The summed E-state index contributed by atoms with van der Waals surface area (Å²) in [4.78, 5) is 26.4. The molecule has 4 nitrogen and oxygen atoms in total. The van der Waals surface area contributed by atoms with Gasteiger partial charge in [0.25, 0.3) is 5.91 Å². The van der Waals surface area contributed by atoms with Crippen LogP contribution in [0.4, 0.5) is 5.69 Å². The predicted molar refractivity (Wildman–Crippen MR) is 115 cm³/mol. The molecule has 1 atom stereocenters. The van der Waals surface area contributed by atoms with Gasteiger partial charge in [0.15, 0.2) is 0 Å². The molecule has 0 N–H and O–H groups in total. The maximum absolute atomic E-state index is 12.6. The zero-order valence-electron chi connectivity index (χ0n) is 17.0. The lowest BCUT2D eigenvalue weighted by atomic mass is 9.98. The maximum atomic E-state index is 12.6. The summed E-state index contributed by atoms with van der Waals surface area (Å²) in [5.41, 5.74) is 3.57. The van der Waals surface area contributed by atoms with Gasteiger partial charge in [0, 0.05) is 18.3 Å². The van der Waals surface area contributed by atoms with Crippen LogP contribution in [0.25, 0.3) is 0 Å². The van der Waals surface area contributed by atoms with Crippen molar-refractivity contribution in [2.24, 2.45) is 0 Å². The lowest BCUT2D eigenvalue weighted by molar-refractivity contribution is -0.134. The van der Waals surface area contributed by atoms with E-state index in [9.17, 15) is 9.59 Å². The van der Waals surface area contributed by atoms with Crippen molar-refractivity contribution in [3.8, 4) is 5.75 Å². The van der Waals surface area contributed by atoms with E-state index in [0.29, 0.717) is 17.7 Å². The highest BCUT2D eigenvalue weighted by Gasteiger charge is 2.15. The molecule has 148 valence electrons. The predicted octanol–water partition coefficient (Wildman–Crippen LogP) is 5.37. The van der Waals surface area contributed by atoms with Gasteiger partial charge in [-0.3, -0.25) is 9.59 Å². The number of esters is 1. The molecule has 0 aromatic heterocycles. The summed E-state index contributed by atoms with van der Waals surface area (Å²) in [7, 11) is 1.73. The topological polar surface area (TPSA) is 46.6 Å². The zero-order chi connectivity index (χ0) is 20.8. The first kappa shape index (κ1) is 20.3. The first-order chi connectivity index (χ1) is 13.9. The second-order valence-corrected chi connectivity index (χ2v) is 7.21. The van der Waals surface area contributed by atoms with Gasteiger partial charge in [-0.25, -0.2) is 0 Å². The number of benzene rings is 3. The molecular weight excluding hydrogens is 362 g/mol. The van der Waals surface area contributed by atoms with Gasteiger partial charge in [0.2, 0.25) is 0 Å². The number of carbonyl (C=O) groups excluding carboxylic acids is 2. The molecule has 29 heavy (non-hydrogen) atoms. The fourth-order valence-corrected chi connectivity index (χ4v) is 3.07. The SMILES string of the molecule is Cc1ccc(C(=O)N(C)c2ccc(OC(=O)CC(C)c3ccccc3)cc2)cc1. The number of amides is 1. The summed E-state index contributed by atoms with van der Waals surface area (Å²) in [6.45, 7) is 3.99. The van der Waals surface area contributed by atoms with Crippen LogP contribution >= 0.6 is 0 Å². The Kier molecular flexibility index (Phi) is 6.45. The Hall–Kier alpha value is -3.40. The Morgan fingerprint density at radius 2 is 1.52 bits per heavy atom. The summed E-state index contributed by atoms with van der Waals surface area (Å²) < 4.78 is 5.46. The third-order valence-corrected chi connectivity index (χ3v) is 4.90.